The normalized spacial score (nSPS) is 35.0. The lowest BCUT2D eigenvalue weighted by Crippen LogP contribution is -2.82. The molecule has 2 aromatic carbocycles. The van der Waals surface area contributed by atoms with Crippen LogP contribution in [-0.2, 0) is 52.3 Å². The van der Waals surface area contributed by atoms with E-state index in [2.05, 4.69) is 0 Å². The van der Waals surface area contributed by atoms with Gasteiger partial charge < -0.3 is 43.4 Å². The Hall–Kier alpha value is -5.16. The molecule has 0 spiro atoms. The molecule has 2 saturated heterocycles. The summed E-state index contributed by atoms with van der Waals surface area (Å²) in [7, 11) is 0. The minimum absolute atomic E-state index is 0.0445. The Balaban J connectivity index is 1.42. The maximum atomic E-state index is 15.6. The first-order valence-corrected chi connectivity index (χ1v) is 21.6. The molecule has 64 heavy (non-hydrogen) atoms. The predicted octanol–water partition coefficient (Wildman–Crippen LogP) is 5.32. The molecule has 3 aliphatic carbocycles. The molecule has 1 amide bonds. The van der Waals surface area contributed by atoms with Crippen molar-refractivity contribution in [3.63, 3.8) is 0 Å². The molecule has 7 rings (SSSR count). The van der Waals surface area contributed by atoms with Crippen molar-refractivity contribution >= 4 is 35.8 Å². The van der Waals surface area contributed by atoms with Crippen LogP contribution in [0.25, 0.3) is 0 Å². The van der Waals surface area contributed by atoms with E-state index in [-0.39, 0.29) is 29.7 Å². The number of amides is 1. The van der Waals surface area contributed by atoms with Gasteiger partial charge in [0.05, 0.1) is 29.6 Å². The molecule has 346 valence electrons. The number of carbonyl (C=O) groups is 6. The first-order chi connectivity index (χ1) is 29.7. The number of aliphatic hydroxyl groups excluding tert-OH is 1. The van der Waals surface area contributed by atoms with E-state index in [1.165, 1.54) is 30.9 Å². The van der Waals surface area contributed by atoms with Gasteiger partial charge in [-0.3, -0.25) is 19.3 Å². The molecule has 5 aliphatic rings. The van der Waals surface area contributed by atoms with Crippen LogP contribution in [0.1, 0.15) is 111 Å². The van der Waals surface area contributed by atoms with Crippen LogP contribution in [0.5, 0.6) is 0 Å². The van der Waals surface area contributed by atoms with E-state index >= 15 is 4.79 Å². The lowest BCUT2D eigenvalue weighted by molar-refractivity contribution is -0.346. The Morgan fingerprint density at radius 2 is 1.47 bits per heavy atom. The first-order valence-electron chi connectivity index (χ1n) is 21.6. The highest BCUT2D eigenvalue weighted by molar-refractivity contribution is 5.95. The Kier molecular flexibility index (Phi) is 11.8. The van der Waals surface area contributed by atoms with Crippen molar-refractivity contribution in [1.82, 2.24) is 4.90 Å². The molecule has 2 saturated carbocycles. The summed E-state index contributed by atoms with van der Waals surface area (Å²) in [6.45, 7) is 16.6. The summed E-state index contributed by atoms with van der Waals surface area (Å²) >= 11 is 0. The third-order valence-corrected chi connectivity index (χ3v) is 14.0. The van der Waals surface area contributed by atoms with Crippen LogP contribution < -0.4 is 0 Å². The van der Waals surface area contributed by atoms with E-state index in [1.54, 1.807) is 104 Å². The van der Waals surface area contributed by atoms with Crippen molar-refractivity contribution in [2.24, 2.45) is 16.7 Å². The van der Waals surface area contributed by atoms with Crippen molar-refractivity contribution in [3.05, 3.63) is 82.9 Å². The van der Waals surface area contributed by atoms with E-state index in [4.69, 9.17) is 33.2 Å². The average Bonchev–Trinajstić information content (AvgIpc) is 3.49. The maximum absolute atomic E-state index is 15.6. The van der Waals surface area contributed by atoms with Gasteiger partial charge in [0.1, 0.15) is 41.3 Å². The Bertz CT molecular complexity index is 2250. The Morgan fingerprint density at radius 1 is 0.859 bits per heavy atom. The number of carbonyl (C=O) groups excluding carboxylic acids is 6. The van der Waals surface area contributed by atoms with Gasteiger partial charge in [-0.25, -0.2) is 14.4 Å². The molecular formula is C48H59NO15. The van der Waals surface area contributed by atoms with E-state index in [1.807, 2.05) is 0 Å². The number of hydrogen-bond donors (Lipinski definition) is 2. The second kappa shape index (κ2) is 16.1. The topological polar surface area (TPSA) is 211 Å². The molecule has 16 nitrogen and oxygen atoms in total. The minimum atomic E-state index is -2.36. The summed E-state index contributed by atoms with van der Waals surface area (Å²) in [5, 5.41) is 26.0. The Labute approximate surface area is 372 Å². The molecule has 2 heterocycles. The van der Waals surface area contributed by atoms with Crippen LogP contribution in [0, 0.1) is 16.7 Å². The zero-order valence-electron chi connectivity index (χ0n) is 38.2. The number of ketones is 1. The number of rotatable bonds is 7. The summed E-state index contributed by atoms with van der Waals surface area (Å²) < 4.78 is 43.0. The number of hydrogen-bond acceptors (Lipinski definition) is 15. The summed E-state index contributed by atoms with van der Waals surface area (Å²) in [5.74, 6) is -5.86. The second-order valence-corrected chi connectivity index (χ2v) is 19.9. The molecule has 2 N–H and O–H groups in total. The number of ether oxygens (including phenoxy) is 7. The highest BCUT2D eigenvalue weighted by Crippen LogP contribution is 2.64. The van der Waals surface area contributed by atoms with Crippen LogP contribution in [0.2, 0.25) is 0 Å². The summed E-state index contributed by atoms with van der Waals surface area (Å²) in [6, 6.07) is 15.6. The second-order valence-electron chi connectivity index (χ2n) is 19.9. The quantitative estimate of drug-likeness (QED) is 0.205. The highest BCUT2D eigenvalue weighted by Gasteiger charge is 2.78. The number of esters is 4. The van der Waals surface area contributed by atoms with Crippen LogP contribution >= 0.6 is 0 Å². The fraction of sp³-hybridized carbons (Fsp3) is 0.583. The van der Waals surface area contributed by atoms with Crippen molar-refractivity contribution in [1.29, 1.82) is 0 Å². The molecule has 0 aromatic heterocycles. The highest BCUT2D eigenvalue weighted by atomic mass is 16.6. The van der Waals surface area contributed by atoms with Gasteiger partial charge in [-0.15, -0.1) is 0 Å². The monoisotopic (exact) mass is 889 g/mol. The number of aliphatic hydroxyl groups is 2. The molecule has 2 aliphatic heterocycles. The van der Waals surface area contributed by atoms with Gasteiger partial charge in [0.25, 0.3) is 0 Å². The van der Waals surface area contributed by atoms with Crippen LogP contribution in [0.3, 0.4) is 0 Å². The molecule has 11 unspecified atom stereocenters. The average molecular weight is 890 g/mol. The van der Waals surface area contributed by atoms with Gasteiger partial charge in [-0.1, -0.05) is 62.4 Å². The van der Waals surface area contributed by atoms with Crippen molar-refractivity contribution < 1.29 is 72.1 Å². The van der Waals surface area contributed by atoms with E-state index in [0.29, 0.717) is 5.56 Å². The standard InChI is InChI=1S/C48H59NO15/c1-25-30(60-41(55)36-34(28-18-14-12-15-19-28)49(45(9,10)63-36)42(56)64-43(4,5)6)23-48(57)39(61-40(54)29-20-16-13-17-21-29)37-46(11,31(52)22-32-47(37,24-58-32)62-27(3)51)38(53)35(59-26(2)50)33(25)44(48,7)8/h12-21,30-32,34-37,39,52,57H,22-24H2,1-11H3. The molecule has 2 aromatic rings. The first kappa shape index (κ1) is 46.8. The summed E-state index contributed by atoms with van der Waals surface area (Å²) in [6.07, 6.45) is -10.5. The van der Waals surface area contributed by atoms with Crippen LogP contribution in [-0.4, -0.2) is 117 Å². The number of Topliss-reactive ketones (excluding diaryl/α,β-unsaturated/α-hetero) is 1. The lowest BCUT2D eigenvalue weighted by Gasteiger charge is -2.67. The fourth-order valence-corrected chi connectivity index (χ4v) is 10.9. The zero-order chi connectivity index (χ0) is 47.1. The van der Waals surface area contributed by atoms with Crippen molar-refractivity contribution in [2.45, 2.75) is 154 Å². The third-order valence-electron chi connectivity index (χ3n) is 14.0. The van der Waals surface area contributed by atoms with Crippen LogP contribution in [0.4, 0.5) is 4.79 Å². The van der Waals surface area contributed by atoms with E-state index in [0.717, 1.165) is 6.92 Å². The largest absolute Gasteiger partial charge is 0.456 e. The fourth-order valence-electron chi connectivity index (χ4n) is 10.9. The number of benzene rings is 2. The van der Waals surface area contributed by atoms with Gasteiger partial charge in [-0.2, -0.15) is 0 Å². The lowest BCUT2D eigenvalue weighted by atomic mass is 9.44. The van der Waals surface area contributed by atoms with Gasteiger partial charge in [0, 0.05) is 32.1 Å². The molecule has 11 atom stereocenters. The molecule has 16 heteroatoms. The van der Waals surface area contributed by atoms with E-state index in [9.17, 15) is 34.2 Å². The molecule has 4 fully saturated rings. The van der Waals surface area contributed by atoms with Gasteiger partial charge >= 0.3 is 30.0 Å². The third kappa shape index (κ3) is 7.49. The van der Waals surface area contributed by atoms with Gasteiger partial charge in [0.2, 0.25) is 0 Å². The summed E-state index contributed by atoms with van der Waals surface area (Å²) in [4.78, 5) is 86.3. The molecular weight excluding hydrogens is 831 g/mol. The number of fused-ring (bicyclic) bond motifs is 5. The van der Waals surface area contributed by atoms with Crippen LogP contribution in [0.15, 0.2) is 71.8 Å². The van der Waals surface area contributed by atoms with Crippen molar-refractivity contribution in [2.75, 3.05) is 6.61 Å². The van der Waals surface area contributed by atoms with E-state index < -0.39 is 124 Å². The molecule has 2 bridgehead atoms. The summed E-state index contributed by atoms with van der Waals surface area (Å²) in [5.41, 5.74) is -9.21. The predicted molar refractivity (Wildman–Crippen MR) is 225 cm³/mol. The Morgan fingerprint density at radius 3 is 2.02 bits per heavy atom. The maximum Gasteiger partial charge on any atom is 0.413 e. The smallest absolute Gasteiger partial charge is 0.413 e. The van der Waals surface area contributed by atoms with Crippen molar-refractivity contribution in [3.8, 4) is 0 Å². The SMILES string of the molecule is CC(=O)OC1C(=O)C2(C)C(O)CC3OCC3(OC(C)=O)C2C(OC(=O)c2ccccc2)C2(O)CC(OC(=O)C3OC(C)(C)N(C(=O)OC(C)(C)C)C3c3ccccc3)C(C)=C1C2(C)C. The van der Waals surface area contributed by atoms with Gasteiger partial charge in [0.15, 0.2) is 23.6 Å². The molecule has 0 radical (unpaired) electrons. The zero-order valence-corrected chi connectivity index (χ0v) is 38.2. The van der Waals surface area contributed by atoms with Gasteiger partial charge in [-0.05, 0) is 77.3 Å². The minimum Gasteiger partial charge on any atom is -0.456 e. The number of nitrogens with zero attached hydrogens (tertiary/aromatic N) is 1.